The van der Waals surface area contributed by atoms with Crippen molar-refractivity contribution in [2.45, 2.75) is 6.92 Å². The number of aryl methyl sites for hydroxylation is 1. The number of hydrogen-bond donors (Lipinski definition) is 3. The van der Waals surface area contributed by atoms with Crippen molar-refractivity contribution in [2.24, 2.45) is 0 Å². The molecule has 16 heavy (non-hydrogen) atoms. The monoisotopic (exact) mass is 269 g/mol. The van der Waals surface area contributed by atoms with Crippen molar-refractivity contribution in [3.05, 3.63) is 27.1 Å². The molecular weight excluding hydrogens is 258 g/mol. The van der Waals surface area contributed by atoms with Crippen molar-refractivity contribution in [3.8, 4) is 0 Å². The first-order valence-electron chi connectivity index (χ1n) is 4.59. The molecule has 0 aliphatic rings. The Balaban J connectivity index is 2.00. The average Bonchev–Trinajstić information content (AvgIpc) is 2.79. The maximum atomic E-state index is 5.75. The Morgan fingerprint density at radius 3 is 2.31 bits per heavy atom. The molecule has 0 saturated carbocycles. The molecule has 3 nitrogen and oxygen atoms in total. The summed E-state index contributed by atoms with van der Waals surface area (Å²) >= 11 is 8.39. The van der Waals surface area contributed by atoms with Crippen LogP contribution in [0.15, 0.2) is 21.5 Å². The highest BCUT2D eigenvalue weighted by molar-refractivity contribution is 7.80. The van der Waals surface area contributed by atoms with Crippen LogP contribution in [0.2, 0.25) is 0 Å². The van der Waals surface area contributed by atoms with Crippen LogP contribution < -0.4 is 16.4 Å². The van der Waals surface area contributed by atoms with Crippen LogP contribution in [0.3, 0.4) is 0 Å². The zero-order valence-corrected chi connectivity index (χ0v) is 11.1. The van der Waals surface area contributed by atoms with Gasteiger partial charge in [0.1, 0.15) is 0 Å². The van der Waals surface area contributed by atoms with Gasteiger partial charge in [0.25, 0.3) is 0 Å². The van der Waals surface area contributed by atoms with Crippen molar-refractivity contribution in [1.29, 1.82) is 0 Å². The number of anilines is 3. The number of nitrogens with one attached hydrogen (secondary N) is 2. The van der Waals surface area contributed by atoms with E-state index in [1.807, 2.05) is 23.1 Å². The fourth-order valence-corrected chi connectivity index (χ4v) is 2.85. The fourth-order valence-electron chi connectivity index (χ4n) is 1.17. The highest BCUT2D eigenvalue weighted by Crippen LogP contribution is 2.24. The number of hydrogen-bond acceptors (Lipinski definition) is 4. The van der Waals surface area contributed by atoms with Gasteiger partial charge in [0.2, 0.25) is 0 Å². The lowest BCUT2D eigenvalue weighted by molar-refractivity contribution is 1.53. The smallest absolute Gasteiger partial charge is 0.175 e. The molecular formula is C10H11N3S3. The largest absolute Gasteiger partial charge is 0.396 e. The summed E-state index contributed by atoms with van der Waals surface area (Å²) in [6.45, 7) is 2.04. The third-order valence-corrected chi connectivity index (χ3v) is 3.87. The van der Waals surface area contributed by atoms with Crippen LogP contribution in [-0.4, -0.2) is 5.11 Å². The first-order valence-corrected chi connectivity index (χ1v) is 6.88. The van der Waals surface area contributed by atoms with E-state index >= 15 is 0 Å². The molecule has 0 saturated heterocycles. The van der Waals surface area contributed by atoms with E-state index in [2.05, 4.69) is 16.0 Å². The molecule has 4 N–H and O–H groups in total. The van der Waals surface area contributed by atoms with Crippen LogP contribution in [0.4, 0.5) is 17.1 Å². The Morgan fingerprint density at radius 1 is 1.12 bits per heavy atom. The van der Waals surface area contributed by atoms with E-state index in [0.717, 1.165) is 17.1 Å². The highest BCUT2D eigenvalue weighted by atomic mass is 32.1. The van der Waals surface area contributed by atoms with Gasteiger partial charge in [0, 0.05) is 16.1 Å². The van der Waals surface area contributed by atoms with Crippen molar-refractivity contribution in [1.82, 2.24) is 0 Å². The average molecular weight is 269 g/mol. The minimum atomic E-state index is 0.562. The van der Waals surface area contributed by atoms with E-state index in [4.69, 9.17) is 18.0 Å². The van der Waals surface area contributed by atoms with Gasteiger partial charge in [-0.15, -0.1) is 22.7 Å². The Kier molecular flexibility index (Phi) is 3.42. The second-order valence-corrected chi connectivity index (χ2v) is 5.18. The summed E-state index contributed by atoms with van der Waals surface area (Å²) < 4.78 is 0. The van der Waals surface area contributed by atoms with Gasteiger partial charge >= 0.3 is 0 Å². The van der Waals surface area contributed by atoms with Crippen LogP contribution in [0.1, 0.15) is 5.56 Å². The summed E-state index contributed by atoms with van der Waals surface area (Å²) in [6.07, 6.45) is 0. The zero-order valence-electron chi connectivity index (χ0n) is 8.61. The van der Waals surface area contributed by atoms with Crippen molar-refractivity contribution in [3.63, 3.8) is 0 Å². The summed E-state index contributed by atoms with van der Waals surface area (Å²) in [5, 5.41) is 14.7. The topological polar surface area (TPSA) is 50.1 Å². The normalized spacial score (nSPS) is 10.1. The van der Waals surface area contributed by atoms with Gasteiger partial charge in [-0.05, 0) is 30.1 Å². The van der Waals surface area contributed by atoms with Crippen LogP contribution in [-0.2, 0) is 0 Å². The van der Waals surface area contributed by atoms with Crippen LogP contribution in [0.25, 0.3) is 0 Å². The maximum absolute atomic E-state index is 5.75. The van der Waals surface area contributed by atoms with E-state index in [0.29, 0.717) is 5.11 Å². The molecule has 2 aromatic rings. The molecule has 0 aliphatic heterocycles. The summed E-state index contributed by atoms with van der Waals surface area (Å²) in [5.74, 6) is 0. The summed E-state index contributed by atoms with van der Waals surface area (Å²) in [5.41, 5.74) is 9.56. The molecule has 2 aromatic heterocycles. The predicted octanol–water partition coefficient (Wildman–Crippen LogP) is 3.51. The molecule has 0 spiro atoms. The van der Waals surface area contributed by atoms with Crippen LogP contribution >= 0.6 is 34.9 Å². The van der Waals surface area contributed by atoms with Gasteiger partial charge in [0.05, 0.1) is 17.1 Å². The fraction of sp³-hybridized carbons (Fsp3) is 0.100. The predicted molar refractivity (Wildman–Crippen MR) is 77.6 cm³/mol. The number of rotatable bonds is 2. The maximum Gasteiger partial charge on any atom is 0.175 e. The molecule has 2 rings (SSSR count). The Hall–Kier alpha value is -1.11. The second kappa shape index (κ2) is 4.82. The number of nitrogens with two attached hydrogens (primary N) is 1. The highest BCUT2D eigenvalue weighted by Gasteiger charge is 2.04. The van der Waals surface area contributed by atoms with Crippen molar-refractivity contribution >= 4 is 57.1 Å². The van der Waals surface area contributed by atoms with Crippen LogP contribution in [0.5, 0.6) is 0 Å². The number of thiocarbonyl (C=S) groups is 1. The molecule has 0 bridgehead atoms. The zero-order chi connectivity index (χ0) is 11.5. The van der Waals surface area contributed by atoms with Gasteiger partial charge in [-0.1, -0.05) is 0 Å². The Labute approximate surface area is 107 Å². The quantitative estimate of drug-likeness (QED) is 0.730. The number of thiophene rings is 2. The standard InChI is InChI=1S/C10H11N3S3/c1-6-2-15-4-8(6)12-10(14)13-9-5-16-3-7(9)11/h2-5H,11H2,1H3,(H2,12,13,14). The van der Waals surface area contributed by atoms with Gasteiger partial charge in [-0.2, -0.15) is 0 Å². The first-order chi connectivity index (χ1) is 7.66. The lowest BCUT2D eigenvalue weighted by Crippen LogP contribution is -2.19. The van der Waals surface area contributed by atoms with Gasteiger partial charge in [-0.3, -0.25) is 0 Å². The first kappa shape index (κ1) is 11.4. The molecule has 0 amide bonds. The van der Waals surface area contributed by atoms with Gasteiger partial charge in [-0.25, -0.2) is 0 Å². The summed E-state index contributed by atoms with van der Waals surface area (Å²) in [6, 6.07) is 0. The van der Waals surface area contributed by atoms with Gasteiger partial charge in [0.15, 0.2) is 5.11 Å². The van der Waals surface area contributed by atoms with E-state index in [9.17, 15) is 0 Å². The molecule has 2 heterocycles. The lowest BCUT2D eigenvalue weighted by Gasteiger charge is -2.09. The van der Waals surface area contributed by atoms with Crippen LogP contribution in [0, 0.1) is 6.92 Å². The molecule has 0 fully saturated rings. The molecule has 0 atom stereocenters. The molecule has 0 unspecified atom stereocenters. The molecule has 0 aromatic carbocycles. The molecule has 84 valence electrons. The SMILES string of the molecule is Cc1cscc1NC(=S)Nc1cscc1N. The Bertz CT molecular complexity index is 457. The second-order valence-electron chi connectivity index (χ2n) is 3.29. The minimum absolute atomic E-state index is 0.562. The van der Waals surface area contributed by atoms with Crippen molar-refractivity contribution < 1.29 is 0 Å². The molecule has 6 heteroatoms. The molecule has 0 radical (unpaired) electrons. The third kappa shape index (κ3) is 2.52. The Morgan fingerprint density at radius 2 is 1.75 bits per heavy atom. The third-order valence-electron chi connectivity index (χ3n) is 2.04. The van der Waals surface area contributed by atoms with Crippen molar-refractivity contribution in [2.75, 3.05) is 16.4 Å². The van der Waals surface area contributed by atoms with E-state index in [1.54, 1.807) is 22.7 Å². The lowest BCUT2D eigenvalue weighted by atomic mass is 10.3. The molecule has 0 aliphatic carbocycles. The number of nitrogen functional groups attached to an aromatic ring is 1. The van der Waals surface area contributed by atoms with Gasteiger partial charge < -0.3 is 16.4 Å². The summed E-state index contributed by atoms with van der Waals surface area (Å²) in [4.78, 5) is 0. The summed E-state index contributed by atoms with van der Waals surface area (Å²) in [7, 11) is 0. The van der Waals surface area contributed by atoms with E-state index in [1.165, 1.54) is 5.56 Å². The van der Waals surface area contributed by atoms with E-state index in [-0.39, 0.29) is 0 Å². The minimum Gasteiger partial charge on any atom is -0.396 e. The van der Waals surface area contributed by atoms with E-state index < -0.39 is 0 Å².